The second kappa shape index (κ2) is 15.7. The van der Waals surface area contributed by atoms with Gasteiger partial charge in [-0.2, -0.15) is 0 Å². The molecule has 9 rings (SSSR count). The standard InChI is InChI=1S/C49H75N3O10/c1-5-7-27-9-12-30-35(13-10-27)62-43-38(30)32(54)8-6-17-49(43,61)45(4,58)36-16-19-48(60)39-40(52-23-26(2)53)41(57)31-20-33(55)34(56)22-46(31)21-28(29-11-14-37(50)51-24-29)15-18-47(59,42(39)46)25-44(36,48)3/h11,14-15,18,24,26-28,30-38,42-43,51-56,58-61H,5-10,12-13,16-17,19-23,25,50H2,1-4H3. The van der Waals surface area contributed by atoms with Crippen molar-refractivity contribution in [1.82, 2.24) is 10.6 Å². The van der Waals surface area contributed by atoms with Crippen LogP contribution in [0.1, 0.15) is 124 Å². The Morgan fingerprint density at radius 1 is 1.02 bits per heavy atom. The van der Waals surface area contributed by atoms with Crippen molar-refractivity contribution in [1.29, 1.82) is 0 Å². The topological polar surface area (TPSA) is 238 Å². The molecule has 0 amide bonds. The number of Topliss-reactive ketones (excluding diaryl/α,β-unsaturated/α-hetero) is 1. The van der Waals surface area contributed by atoms with Gasteiger partial charge in [-0.05, 0) is 131 Å². The molecule has 6 fully saturated rings. The van der Waals surface area contributed by atoms with Gasteiger partial charge in [0.1, 0.15) is 5.60 Å². The number of aliphatic hydroxyl groups is 8. The molecule has 0 aromatic rings. The molecule has 13 heteroatoms. The molecular weight excluding hydrogens is 791 g/mol. The highest BCUT2D eigenvalue weighted by molar-refractivity contribution is 6.00. The minimum absolute atomic E-state index is 0.00476. The maximum atomic E-state index is 15.3. The van der Waals surface area contributed by atoms with Crippen LogP contribution in [0.5, 0.6) is 0 Å². The molecule has 0 aromatic carbocycles. The second-order valence-corrected chi connectivity index (χ2v) is 22.3. The maximum absolute atomic E-state index is 15.3. The van der Waals surface area contributed by atoms with Crippen LogP contribution in [0.4, 0.5) is 0 Å². The van der Waals surface area contributed by atoms with Crippen molar-refractivity contribution >= 4 is 5.78 Å². The SMILES string of the molecule is CCCC1CCC2OC3C(C(O)CCCC3(O)C(C)(O)C3CCC4(O)C5=C(NCC(C)O)C(=O)C6CC(O)C(O)CC67CC(C6=CNC(N)C=C6)C=CC(O)(CC34C)C57)C2CC1. The molecule has 0 radical (unpaired) electrons. The first kappa shape index (κ1) is 45.0. The number of ketones is 1. The molecule has 2 aliphatic heterocycles. The zero-order chi connectivity index (χ0) is 44.4. The van der Waals surface area contributed by atoms with Crippen LogP contribution in [0.3, 0.4) is 0 Å². The number of fused-ring (bicyclic) bond motifs is 5. The predicted octanol–water partition coefficient (Wildman–Crippen LogP) is 2.73. The third-order valence-corrected chi connectivity index (χ3v) is 18.8. The van der Waals surface area contributed by atoms with Gasteiger partial charge in [-0.3, -0.25) is 4.79 Å². The summed E-state index contributed by atoms with van der Waals surface area (Å²) in [7, 11) is 0. The molecule has 0 aromatic heterocycles. The average Bonchev–Trinajstić information content (AvgIpc) is 3.53. The number of carbonyl (C=O) groups is 1. The lowest BCUT2D eigenvalue weighted by molar-refractivity contribution is -0.262. The van der Waals surface area contributed by atoms with Gasteiger partial charge in [-0.1, -0.05) is 51.3 Å². The largest absolute Gasteiger partial charge is 0.393 e. The molecule has 9 aliphatic rings. The fourth-order valence-corrected chi connectivity index (χ4v) is 16.0. The van der Waals surface area contributed by atoms with E-state index in [9.17, 15) is 40.9 Å². The van der Waals surface area contributed by atoms with E-state index in [1.807, 2.05) is 31.4 Å². The fourth-order valence-electron chi connectivity index (χ4n) is 16.0. The van der Waals surface area contributed by atoms with Gasteiger partial charge in [0.25, 0.3) is 0 Å². The first-order valence-corrected chi connectivity index (χ1v) is 24.1. The molecule has 20 unspecified atom stereocenters. The van der Waals surface area contributed by atoms with Crippen LogP contribution in [-0.4, -0.2) is 118 Å². The fraction of sp³-hybridized carbons (Fsp3) is 0.816. The number of hydrogen-bond acceptors (Lipinski definition) is 13. The molecule has 7 aliphatic carbocycles. The number of ether oxygens (including phenoxy) is 1. The zero-order valence-electron chi connectivity index (χ0n) is 37.3. The smallest absolute Gasteiger partial charge is 0.182 e. The first-order chi connectivity index (χ1) is 29.2. The summed E-state index contributed by atoms with van der Waals surface area (Å²) in [5.41, 5.74) is -2.26. The van der Waals surface area contributed by atoms with Crippen molar-refractivity contribution in [3.8, 4) is 0 Å². The van der Waals surface area contributed by atoms with Crippen LogP contribution in [0, 0.1) is 52.3 Å². The average molecular weight is 866 g/mol. The maximum Gasteiger partial charge on any atom is 0.182 e. The van der Waals surface area contributed by atoms with Gasteiger partial charge in [0.2, 0.25) is 0 Å². The molecule has 0 bridgehead atoms. The Morgan fingerprint density at radius 3 is 2.48 bits per heavy atom. The van der Waals surface area contributed by atoms with Crippen molar-refractivity contribution in [3.63, 3.8) is 0 Å². The molecule has 5 saturated carbocycles. The number of rotatable bonds is 8. The van der Waals surface area contributed by atoms with Gasteiger partial charge in [-0.15, -0.1) is 0 Å². The molecule has 1 saturated heterocycles. The zero-order valence-corrected chi connectivity index (χ0v) is 37.3. The van der Waals surface area contributed by atoms with E-state index in [1.54, 1.807) is 19.9 Å². The molecule has 62 heavy (non-hydrogen) atoms. The Balaban J connectivity index is 1.18. The van der Waals surface area contributed by atoms with Gasteiger partial charge in [0, 0.05) is 41.8 Å². The number of aliphatic hydroxyl groups excluding tert-OH is 4. The van der Waals surface area contributed by atoms with Crippen LogP contribution >= 0.6 is 0 Å². The Kier molecular flexibility index (Phi) is 11.4. The third-order valence-electron chi connectivity index (χ3n) is 18.8. The van der Waals surface area contributed by atoms with E-state index in [0.29, 0.717) is 30.8 Å². The molecule has 346 valence electrons. The van der Waals surface area contributed by atoms with Gasteiger partial charge < -0.3 is 62.0 Å². The molecule has 2 heterocycles. The summed E-state index contributed by atoms with van der Waals surface area (Å²) < 4.78 is 6.96. The van der Waals surface area contributed by atoms with E-state index >= 15 is 4.79 Å². The summed E-state index contributed by atoms with van der Waals surface area (Å²) in [6.45, 7) is 7.34. The van der Waals surface area contributed by atoms with Crippen LogP contribution in [-0.2, 0) is 9.53 Å². The number of carbonyl (C=O) groups excluding carboxylic acids is 1. The van der Waals surface area contributed by atoms with E-state index in [0.717, 1.165) is 44.1 Å². The Labute approximate surface area is 367 Å². The number of allylic oxidation sites excluding steroid dienone is 4. The first-order valence-electron chi connectivity index (χ1n) is 24.1. The lowest BCUT2D eigenvalue weighted by Gasteiger charge is -2.66. The van der Waals surface area contributed by atoms with Crippen molar-refractivity contribution in [2.45, 2.75) is 189 Å². The Bertz CT molecular complexity index is 1880. The summed E-state index contributed by atoms with van der Waals surface area (Å²) in [6.07, 6.45) is 11.9. The summed E-state index contributed by atoms with van der Waals surface area (Å²) in [5.74, 6) is -2.96. The van der Waals surface area contributed by atoms with Crippen molar-refractivity contribution in [2.24, 2.45) is 58.0 Å². The van der Waals surface area contributed by atoms with Gasteiger partial charge in [0.15, 0.2) is 5.78 Å². The number of nitrogens with one attached hydrogen (secondary N) is 2. The number of dihydropyridines is 1. The highest BCUT2D eigenvalue weighted by Gasteiger charge is 2.78. The monoisotopic (exact) mass is 866 g/mol. The Morgan fingerprint density at radius 2 is 1.77 bits per heavy atom. The summed E-state index contributed by atoms with van der Waals surface area (Å²) in [5, 5.41) is 106. The highest BCUT2D eigenvalue weighted by Crippen LogP contribution is 2.74. The van der Waals surface area contributed by atoms with Crippen molar-refractivity contribution in [3.05, 3.63) is 47.3 Å². The summed E-state index contributed by atoms with van der Waals surface area (Å²) in [6, 6.07) is 0. The number of nitrogens with two attached hydrogens (primary N) is 1. The third kappa shape index (κ3) is 6.55. The van der Waals surface area contributed by atoms with Gasteiger partial charge in [-0.25, -0.2) is 0 Å². The van der Waals surface area contributed by atoms with Gasteiger partial charge >= 0.3 is 0 Å². The normalized spacial score (nSPS) is 51.2. The molecule has 20 atom stereocenters. The molecule has 12 N–H and O–H groups in total. The van der Waals surface area contributed by atoms with Crippen LogP contribution in [0.15, 0.2) is 47.3 Å². The molecular formula is C49H75N3O10. The van der Waals surface area contributed by atoms with Crippen LogP contribution in [0.25, 0.3) is 0 Å². The lowest BCUT2D eigenvalue weighted by atomic mass is 9.40. The Hall–Kier alpha value is -2.17. The van der Waals surface area contributed by atoms with E-state index in [4.69, 9.17) is 10.5 Å². The van der Waals surface area contributed by atoms with Crippen LogP contribution in [0.2, 0.25) is 0 Å². The second-order valence-electron chi connectivity index (χ2n) is 22.3. The summed E-state index contributed by atoms with van der Waals surface area (Å²) in [4.78, 5) is 15.3. The predicted molar refractivity (Wildman–Crippen MR) is 231 cm³/mol. The van der Waals surface area contributed by atoms with Gasteiger partial charge in [0.05, 0.1) is 65.3 Å². The molecule has 13 nitrogen and oxygen atoms in total. The minimum atomic E-state index is -1.90. The van der Waals surface area contributed by atoms with E-state index < -0.39 is 81.5 Å². The quantitative estimate of drug-likeness (QED) is 0.158. The highest BCUT2D eigenvalue weighted by atomic mass is 16.5. The summed E-state index contributed by atoms with van der Waals surface area (Å²) >= 11 is 0. The minimum Gasteiger partial charge on any atom is -0.393 e. The number of hydrogen-bond donors (Lipinski definition) is 11. The van der Waals surface area contributed by atoms with Crippen molar-refractivity contribution in [2.75, 3.05) is 6.54 Å². The molecule has 1 spiro atoms. The van der Waals surface area contributed by atoms with E-state index in [1.165, 1.54) is 0 Å². The van der Waals surface area contributed by atoms with E-state index in [-0.39, 0.29) is 86.6 Å². The lowest BCUT2D eigenvalue weighted by Crippen LogP contribution is -2.72. The van der Waals surface area contributed by atoms with Crippen LogP contribution < -0.4 is 16.4 Å². The van der Waals surface area contributed by atoms with E-state index in [2.05, 4.69) is 17.6 Å². The van der Waals surface area contributed by atoms with Crippen molar-refractivity contribution < 1.29 is 50.4 Å².